The second kappa shape index (κ2) is 8.43. The SMILES string of the molecule is COc1ccc(C2(O)CCN(CCC3CN(c4ccccc4)C(=O)O3)CC2)cc1. The zero-order valence-electron chi connectivity index (χ0n) is 16.8. The number of methoxy groups -OCH3 is 1. The van der Waals surface area contributed by atoms with Gasteiger partial charge < -0.3 is 19.5 Å². The molecule has 154 valence electrons. The first kappa shape index (κ1) is 19.7. The van der Waals surface area contributed by atoms with Crippen LogP contribution in [0.15, 0.2) is 54.6 Å². The number of ether oxygens (including phenoxy) is 2. The molecule has 2 fully saturated rings. The topological polar surface area (TPSA) is 62.2 Å². The smallest absolute Gasteiger partial charge is 0.414 e. The lowest BCUT2D eigenvalue weighted by Gasteiger charge is -2.38. The van der Waals surface area contributed by atoms with Gasteiger partial charge in [0.25, 0.3) is 0 Å². The van der Waals surface area contributed by atoms with Crippen LogP contribution in [0.3, 0.4) is 0 Å². The number of hydrogen-bond donors (Lipinski definition) is 1. The number of carbonyl (C=O) groups is 1. The second-order valence-electron chi connectivity index (χ2n) is 7.84. The van der Waals surface area contributed by atoms with Crippen molar-refractivity contribution in [3.8, 4) is 5.75 Å². The average molecular weight is 396 g/mol. The third-order valence-corrected chi connectivity index (χ3v) is 6.02. The van der Waals surface area contributed by atoms with Crippen LogP contribution in [0.5, 0.6) is 5.75 Å². The number of para-hydroxylation sites is 1. The molecule has 1 amide bonds. The second-order valence-corrected chi connectivity index (χ2v) is 7.84. The highest BCUT2D eigenvalue weighted by Gasteiger charge is 2.35. The fourth-order valence-electron chi connectivity index (χ4n) is 4.15. The molecule has 29 heavy (non-hydrogen) atoms. The summed E-state index contributed by atoms with van der Waals surface area (Å²) in [6.07, 6.45) is 1.83. The minimum Gasteiger partial charge on any atom is -0.497 e. The van der Waals surface area contributed by atoms with Crippen LogP contribution in [0, 0.1) is 0 Å². The Bertz CT molecular complexity index is 817. The lowest BCUT2D eigenvalue weighted by molar-refractivity contribution is -0.0275. The van der Waals surface area contributed by atoms with Gasteiger partial charge in [0, 0.05) is 25.3 Å². The number of cyclic esters (lactones) is 1. The summed E-state index contributed by atoms with van der Waals surface area (Å²) in [5.74, 6) is 0.797. The monoisotopic (exact) mass is 396 g/mol. The maximum atomic E-state index is 12.2. The quantitative estimate of drug-likeness (QED) is 0.811. The minimum absolute atomic E-state index is 0.0925. The Morgan fingerprint density at radius 1 is 1.10 bits per heavy atom. The number of likely N-dealkylation sites (tertiary alicyclic amines) is 1. The van der Waals surface area contributed by atoms with Gasteiger partial charge in [0.05, 0.1) is 19.3 Å². The van der Waals surface area contributed by atoms with Crippen LogP contribution in [0.1, 0.15) is 24.8 Å². The number of anilines is 1. The van der Waals surface area contributed by atoms with Gasteiger partial charge in [-0.25, -0.2) is 4.79 Å². The van der Waals surface area contributed by atoms with Crippen LogP contribution < -0.4 is 9.64 Å². The van der Waals surface area contributed by atoms with E-state index < -0.39 is 5.60 Å². The molecule has 0 radical (unpaired) electrons. The summed E-state index contributed by atoms with van der Waals surface area (Å²) >= 11 is 0. The summed E-state index contributed by atoms with van der Waals surface area (Å²) in [7, 11) is 1.64. The van der Waals surface area contributed by atoms with E-state index >= 15 is 0 Å². The van der Waals surface area contributed by atoms with Crippen molar-refractivity contribution < 1.29 is 19.4 Å². The Kier molecular flexibility index (Phi) is 5.74. The molecule has 0 aromatic heterocycles. The molecule has 2 heterocycles. The Morgan fingerprint density at radius 3 is 2.45 bits per heavy atom. The molecule has 1 atom stereocenters. The molecule has 1 unspecified atom stereocenters. The largest absolute Gasteiger partial charge is 0.497 e. The van der Waals surface area contributed by atoms with Gasteiger partial charge in [-0.1, -0.05) is 30.3 Å². The number of rotatable bonds is 6. The zero-order valence-corrected chi connectivity index (χ0v) is 16.8. The van der Waals surface area contributed by atoms with Crippen LogP contribution in [0.25, 0.3) is 0 Å². The summed E-state index contributed by atoms with van der Waals surface area (Å²) in [6.45, 7) is 3.10. The van der Waals surface area contributed by atoms with Gasteiger partial charge in [0.15, 0.2) is 0 Å². The Labute approximate surface area is 171 Å². The van der Waals surface area contributed by atoms with Gasteiger partial charge in [-0.3, -0.25) is 4.90 Å². The third-order valence-electron chi connectivity index (χ3n) is 6.02. The zero-order chi connectivity index (χ0) is 20.3. The fourth-order valence-corrected chi connectivity index (χ4v) is 4.15. The van der Waals surface area contributed by atoms with Crippen molar-refractivity contribution in [1.82, 2.24) is 4.90 Å². The maximum absolute atomic E-state index is 12.2. The third kappa shape index (κ3) is 4.38. The molecule has 2 aliphatic rings. The van der Waals surface area contributed by atoms with E-state index in [2.05, 4.69) is 4.90 Å². The predicted octanol–water partition coefficient (Wildman–Crippen LogP) is 3.39. The van der Waals surface area contributed by atoms with Gasteiger partial charge in [-0.15, -0.1) is 0 Å². The first-order valence-electron chi connectivity index (χ1n) is 10.2. The van der Waals surface area contributed by atoms with E-state index in [1.807, 2.05) is 54.6 Å². The van der Waals surface area contributed by atoms with Crippen LogP contribution in [-0.4, -0.2) is 55.5 Å². The average Bonchev–Trinajstić information content (AvgIpc) is 3.14. The van der Waals surface area contributed by atoms with E-state index in [4.69, 9.17) is 9.47 Å². The summed E-state index contributed by atoms with van der Waals surface area (Å²) in [4.78, 5) is 16.2. The predicted molar refractivity (Wildman–Crippen MR) is 111 cm³/mol. The summed E-state index contributed by atoms with van der Waals surface area (Å²) < 4.78 is 10.8. The molecular formula is C23H28N2O4. The molecule has 4 rings (SSSR count). The molecule has 1 N–H and O–H groups in total. The summed E-state index contributed by atoms with van der Waals surface area (Å²) in [6, 6.07) is 17.3. The first-order chi connectivity index (χ1) is 14.1. The van der Waals surface area contributed by atoms with Crippen LogP contribution in [0.4, 0.5) is 10.5 Å². The number of aliphatic hydroxyl groups is 1. The van der Waals surface area contributed by atoms with Gasteiger partial charge in [0.2, 0.25) is 0 Å². The first-order valence-corrected chi connectivity index (χ1v) is 10.2. The number of amides is 1. The molecule has 6 heteroatoms. The minimum atomic E-state index is -0.785. The van der Waals surface area contributed by atoms with Crippen molar-refractivity contribution in [2.24, 2.45) is 0 Å². The molecule has 6 nitrogen and oxygen atoms in total. The number of benzene rings is 2. The molecule has 2 aliphatic heterocycles. The van der Waals surface area contributed by atoms with E-state index in [0.29, 0.717) is 19.4 Å². The summed E-state index contributed by atoms with van der Waals surface area (Å²) in [5.41, 5.74) is 1.04. The highest BCUT2D eigenvalue weighted by atomic mass is 16.6. The highest BCUT2D eigenvalue weighted by Crippen LogP contribution is 2.34. The van der Waals surface area contributed by atoms with E-state index in [1.165, 1.54) is 0 Å². The van der Waals surface area contributed by atoms with Crippen molar-refractivity contribution >= 4 is 11.8 Å². The van der Waals surface area contributed by atoms with Crippen LogP contribution >= 0.6 is 0 Å². The highest BCUT2D eigenvalue weighted by molar-refractivity contribution is 5.89. The molecule has 0 spiro atoms. The Morgan fingerprint density at radius 2 is 1.79 bits per heavy atom. The number of hydrogen-bond acceptors (Lipinski definition) is 5. The van der Waals surface area contributed by atoms with Crippen molar-refractivity contribution in [3.63, 3.8) is 0 Å². The molecule has 2 saturated heterocycles. The van der Waals surface area contributed by atoms with Crippen LogP contribution in [0.2, 0.25) is 0 Å². The molecule has 0 saturated carbocycles. The standard InChI is InChI=1S/C23H28N2O4/c1-28-20-9-7-18(8-10-20)23(27)12-15-24(16-13-23)14-11-21-17-25(22(26)29-21)19-5-3-2-4-6-19/h2-10,21,27H,11-17H2,1H3. The lowest BCUT2D eigenvalue weighted by atomic mass is 9.84. The van der Waals surface area contributed by atoms with Gasteiger partial charge in [-0.05, 0) is 49.1 Å². The number of piperidine rings is 1. The van der Waals surface area contributed by atoms with Gasteiger partial charge in [0.1, 0.15) is 11.9 Å². The molecular weight excluding hydrogens is 368 g/mol. The lowest BCUT2D eigenvalue weighted by Crippen LogP contribution is -2.43. The Balaban J connectivity index is 1.26. The normalized spacial score (nSPS) is 21.8. The van der Waals surface area contributed by atoms with Crippen molar-refractivity contribution in [3.05, 3.63) is 60.2 Å². The van der Waals surface area contributed by atoms with E-state index in [-0.39, 0.29) is 12.2 Å². The van der Waals surface area contributed by atoms with E-state index in [1.54, 1.807) is 12.0 Å². The van der Waals surface area contributed by atoms with E-state index in [0.717, 1.165) is 43.1 Å². The van der Waals surface area contributed by atoms with Crippen molar-refractivity contribution in [1.29, 1.82) is 0 Å². The Hall–Kier alpha value is -2.57. The van der Waals surface area contributed by atoms with Gasteiger partial charge in [-0.2, -0.15) is 0 Å². The van der Waals surface area contributed by atoms with Crippen LogP contribution in [-0.2, 0) is 10.3 Å². The molecule has 2 aromatic rings. The number of carbonyl (C=O) groups excluding carboxylic acids is 1. The van der Waals surface area contributed by atoms with E-state index in [9.17, 15) is 9.90 Å². The molecule has 2 aromatic carbocycles. The van der Waals surface area contributed by atoms with Crippen molar-refractivity contribution in [2.45, 2.75) is 31.0 Å². The fraction of sp³-hybridized carbons (Fsp3) is 0.435. The number of nitrogens with zero attached hydrogens (tertiary/aromatic N) is 2. The molecule has 0 bridgehead atoms. The maximum Gasteiger partial charge on any atom is 0.414 e. The molecule has 0 aliphatic carbocycles. The van der Waals surface area contributed by atoms with Crippen molar-refractivity contribution in [2.75, 3.05) is 38.2 Å². The summed E-state index contributed by atoms with van der Waals surface area (Å²) in [5, 5.41) is 11.1. The van der Waals surface area contributed by atoms with Gasteiger partial charge >= 0.3 is 6.09 Å².